The van der Waals surface area contributed by atoms with E-state index in [4.69, 9.17) is 37.9 Å². The molecule has 4 fully saturated rings. The van der Waals surface area contributed by atoms with Crippen molar-refractivity contribution in [2.75, 3.05) is 60.1 Å². The van der Waals surface area contributed by atoms with Crippen molar-refractivity contribution in [2.24, 2.45) is 29.1 Å². The van der Waals surface area contributed by atoms with Crippen molar-refractivity contribution in [3.05, 3.63) is 218 Å². The number of nitriles is 2. The minimum Gasteiger partial charge on any atom is -0.388 e. The summed E-state index contributed by atoms with van der Waals surface area (Å²) in [6, 6.07) is 74.8. The van der Waals surface area contributed by atoms with Crippen LogP contribution in [0.25, 0.3) is 22.3 Å². The van der Waals surface area contributed by atoms with Gasteiger partial charge in [0.2, 0.25) is 0 Å². The lowest BCUT2D eigenvalue weighted by Crippen LogP contribution is -2.40. The largest absolute Gasteiger partial charge is 0.482 e. The summed E-state index contributed by atoms with van der Waals surface area (Å²) in [6.07, 6.45) is 8.22. The van der Waals surface area contributed by atoms with Crippen molar-refractivity contribution in [1.82, 2.24) is 0 Å². The number of aryl methyl sites for hydroxylation is 1. The molecule has 0 aromatic heterocycles. The monoisotopic (exact) mass is 2180 g/mol. The van der Waals surface area contributed by atoms with Crippen LogP contribution in [-0.4, -0.2) is 126 Å². The standard InChI is InChI=1S/2C12H10.C10H24Si.C9H14Si.C7H18Si.C7H14.C7H8.C6H8Si.C6H12.C5H10.C5H12.C4H12Si.C4H8.C3H3F5O.C3H3F5S.C3H8O.2C3H8.C2H3NS.C2H3N.C2H6O.C2H6S.C2H6.CH4/c2*1-3-7-11(8-4-1)12-9-5-2-6-10-12;1-8(2)11(7,9(3)4)10(5)6;1-10(2,3)9-7-5-4-6-8-9;1-7(2,3)8(4,5)6;2*1-7-5-3-2-4-6-7;7-6-4-2-1-3-5-6;1-6-4-2-3-5-6;1-5-3-2-4-5;2*1-5(2,3)4;1-4-2-3-4;2*1-9-3(7,8)2(4,5)6;1-3-4-2;2*1-3-2;1-4-2-3;1-2-3;2*1-3-2;1-2;/h2*1-10H;8-10H,1-7H3;4-8H,1-3H3;1-6H3;7H,2-6H2,1H3;2-6H,1H3;1-5H,7H3;6H,2-5H2,1H3;5H,2-4H2,1H3;2*1-4H3;4H,2-3H2,1H3;2*1H3;3H2,1-2H3;2*3H2,1-2H3;1H3;1H3;2*1-2H3;1-2H3;1H4/i;;;;;;;;;;1D3,2D3,3D3;;;;;;1D3,3D2;3D2;;;;;1D3;1D. The Morgan fingerprint density at radius 1 is 0.455 bits per heavy atom. The lowest BCUT2D eigenvalue weighted by molar-refractivity contribution is -0.383. The molecule has 4 aliphatic carbocycles. The molecule has 834 valence electrons. The topological polar surface area (TPSA) is 75.3 Å². The summed E-state index contributed by atoms with van der Waals surface area (Å²) in [5, 5.41) is 15.7. The van der Waals surface area contributed by atoms with E-state index in [1.54, 1.807) is 45.4 Å². The first-order chi connectivity index (χ1) is 73.7. The molecule has 143 heavy (non-hydrogen) atoms. The van der Waals surface area contributed by atoms with Crippen LogP contribution in [0.2, 0.25) is 93.7 Å². The Bertz CT molecular complexity index is 4170. The van der Waals surface area contributed by atoms with Gasteiger partial charge in [-0.25, -0.2) is 0 Å². The number of ether oxygens (including phenoxy) is 3. The number of rotatable bonds is 9. The highest BCUT2D eigenvalue weighted by Gasteiger charge is 2.59. The average Bonchev–Trinajstić information content (AvgIpc) is 0.822. The summed E-state index contributed by atoms with van der Waals surface area (Å²) >= 11 is 2.39. The molecule has 0 amide bonds. The SMILES string of the molecule is CC#N.CC(C)(C)[Si](C)(C)C.CC(C)[Si](C)(C(C)C)C(C)C.CC1CC1.CC1CCC1.CC1CCCC1.CC1CCCCC1.CCOC.COC.COC(F)(F)C(F)(F)F.CSC.CSC#N.CSC(F)(F)C(F)(F)F.C[Si](C)(C)C.C[Si](C)(C)c1ccccc1.Cc1ccccc1.[2H]C.[2H]C([2H])(C)C.[2H]C([2H])([2H])C.[2H]C([2H])([2H])C(C)(C([2H])([2H])[2H])C([2H])([2H])[2H].[2H]C([2H])([2H])C([2H])([2H])C.[SiH3]c1ccccc1.c1ccc(-c2ccccc2)cc1.c1ccc(-c2ccccc2)cc1. The highest BCUT2D eigenvalue weighted by atomic mass is 32.2. The molecular formula is C120H218F10N2O3S3Si5. The molecule has 0 saturated heterocycles. The molecule has 11 rings (SSSR count). The Morgan fingerprint density at radius 2 is 0.671 bits per heavy atom. The molecule has 23 heteroatoms. The van der Waals surface area contributed by atoms with Crippen LogP contribution in [0.3, 0.4) is 0 Å². The molecule has 0 spiro atoms. The van der Waals surface area contributed by atoms with Gasteiger partial charge in [-0.2, -0.15) is 66.2 Å². The van der Waals surface area contributed by atoms with Crippen LogP contribution in [0.4, 0.5) is 43.9 Å². The first-order valence-corrected chi connectivity index (χ1v) is 67.8. The van der Waals surface area contributed by atoms with E-state index in [9.17, 15) is 43.9 Å². The summed E-state index contributed by atoms with van der Waals surface area (Å²) in [5.74, 6) is 4.23. The number of alkyl halides is 10. The second-order valence-electron chi connectivity index (χ2n) is 39.8. The minimum absolute atomic E-state index is 0.285. The second kappa shape index (κ2) is 103. The predicted molar refractivity (Wildman–Crippen MR) is 649 cm³/mol. The number of benzene rings is 7. The number of hydrogen-bond acceptors (Lipinski definition) is 8. The molecular weight excluding hydrogens is 1940 g/mol. The molecule has 0 heterocycles. The number of thiocyanates is 1. The Balaban J connectivity index is -0.000000133. The van der Waals surface area contributed by atoms with Gasteiger partial charge in [-0.1, -0.05) is 598 Å². The smallest absolute Gasteiger partial charge is 0.388 e. The van der Waals surface area contributed by atoms with Crippen LogP contribution < -0.4 is 10.4 Å². The van der Waals surface area contributed by atoms with Crippen molar-refractivity contribution < 1.29 is 85.5 Å². The maximum atomic E-state index is 11.5. The van der Waals surface area contributed by atoms with Gasteiger partial charge in [0.05, 0.1) is 22.2 Å². The highest BCUT2D eigenvalue weighted by Crippen LogP contribution is 2.43. The lowest BCUT2D eigenvalue weighted by atomic mass is 9.88. The van der Waals surface area contributed by atoms with Gasteiger partial charge in [0, 0.05) is 95.8 Å². The average molecular weight is 2180 g/mol. The number of halogens is 10. The van der Waals surface area contributed by atoms with Gasteiger partial charge in [-0.05, 0) is 107 Å². The Labute approximate surface area is 926 Å². The summed E-state index contributed by atoms with van der Waals surface area (Å²) in [5.41, 5.74) is 6.50. The normalized spacial score (nSPS) is 15.3. The first kappa shape index (κ1) is 123. The molecule has 7 aromatic rings. The zero-order chi connectivity index (χ0) is 132. The quantitative estimate of drug-likeness (QED) is 0.0804. The van der Waals surface area contributed by atoms with Crippen molar-refractivity contribution >= 4 is 88.2 Å². The van der Waals surface area contributed by atoms with Gasteiger partial charge < -0.3 is 14.2 Å². The number of methoxy groups -OCH3 is 3. The van der Waals surface area contributed by atoms with Crippen molar-refractivity contribution in [1.29, 1.82) is 10.5 Å². The van der Waals surface area contributed by atoms with Gasteiger partial charge in [0.1, 0.15) is 5.40 Å². The lowest BCUT2D eigenvalue weighted by Gasteiger charge is -2.39. The number of hydrogen-bond donors (Lipinski definition) is 0. The van der Waals surface area contributed by atoms with E-state index in [-0.39, 0.29) is 7.11 Å². The van der Waals surface area contributed by atoms with E-state index in [1.165, 1.54) is 173 Å². The van der Waals surface area contributed by atoms with Crippen LogP contribution in [0.5, 0.6) is 0 Å². The molecule has 0 unspecified atom stereocenters. The van der Waals surface area contributed by atoms with Crippen LogP contribution >= 0.6 is 35.3 Å². The molecule has 0 aliphatic heterocycles. The molecule has 5 nitrogen and oxygen atoms in total. The van der Waals surface area contributed by atoms with Crippen LogP contribution in [0, 0.1) is 58.0 Å². The van der Waals surface area contributed by atoms with Crippen LogP contribution in [0.1, 0.15) is 316 Å². The van der Waals surface area contributed by atoms with Crippen LogP contribution in [-0.2, 0) is 14.2 Å². The fraction of sp³-hybridized carbons (Fsp3) is 0.633. The third kappa shape index (κ3) is 124. The zero-order valence-electron chi connectivity index (χ0n) is 117. The van der Waals surface area contributed by atoms with Gasteiger partial charge in [-0.15, -0.1) is 0 Å². The van der Waals surface area contributed by atoms with Crippen molar-refractivity contribution in [2.45, 2.75) is 407 Å². The number of nitrogens with zero attached hydrogens (tertiary/aromatic N) is 2. The van der Waals surface area contributed by atoms with Gasteiger partial charge in [-0.3, -0.25) is 0 Å². The Morgan fingerprint density at radius 3 is 0.741 bits per heavy atom. The van der Waals surface area contributed by atoms with Crippen molar-refractivity contribution in [3.63, 3.8) is 0 Å². The minimum atomic E-state index is -5.61. The van der Waals surface area contributed by atoms with Crippen LogP contribution in [0.15, 0.2) is 212 Å². The fourth-order valence-electron chi connectivity index (χ4n) is 9.98. The first-order valence-electron chi connectivity index (χ1n) is 59.5. The molecule has 0 atom stereocenters. The number of thioether (sulfide) groups is 3. The maximum absolute atomic E-state index is 11.5. The molecule has 0 bridgehead atoms. The van der Waals surface area contributed by atoms with Gasteiger partial charge in [0.25, 0.3) is 0 Å². The summed E-state index contributed by atoms with van der Waals surface area (Å²) < 4.78 is 257. The Kier molecular flexibility index (Phi) is 88.3. The summed E-state index contributed by atoms with van der Waals surface area (Å²) in [6.45, 7) is 55.8. The van der Waals surface area contributed by atoms with E-state index in [0.717, 1.165) is 72.5 Å². The zero-order valence-corrected chi connectivity index (χ0v) is 105. The van der Waals surface area contributed by atoms with E-state index in [2.05, 4.69) is 347 Å². The molecule has 0 radical (unpaired) electrons. The fourth-order valence-corrected chi connectivity index (χ4v) is 15.8. The third-order valence-electron chi connectivity index (χ3n) is 20.6. The molecule has 0 N–H and O–H groups in total. The maximum Gasteiger partial charge on any atom is 0.482 e. The second-order valence-corrected chi connectivity index (χ2v) is 66.6. The van der Waals surface area contributed by atoms with E-state index in [1.807, 2.05) is 73.4 Å². The van der Waals surface area contributed by atoms with Gasteiger partial charge >= 0.3 is 23.7 Å². The summed E-state index contributed by atoms with van der Waals surface area (Å²) in [4.78, 5) is 0. The molecule has 4 aliphatic rings. The molecule has 7 aromatic carbocycles. The van der Waals surface area contributed by atoms with Gasteiger partial charge in [0.15, 0.2) is 0 Å². The predicted octanol–water partition coefficient (Wildman–Crippen LogP) is 42.1. The van der Waals surface area contributed by atoms with E-state index < -0.39 is 120 Å². The molecule has 4 saturated carbocycles. The highest BCUT2D eigenvalue weighted by molar-refractivity contribution is 8.03. The Hall–Kier alpha value is -5.17. The third-order valence-corrected chi connectivity index (χ3v) is 36.2. The van der Waals surface area contributed by atoms with E-state index in [0.29, 0.717) is 11.3 Å². The van der Waals surface area contributed by atoms with E-state index >= 15 is 0 Å². The van der Waals surface area contributed by atoms with Crippen molar-refractivity contribution in [3.8, 4) is 33.7 Å². The summed E-state index contributed by atoms with van der Waals surface area (Å²) in [7, 11) is 4.15.